The molecular weight excluding hydrogens is 515 g/mol. The lowest BCUT2D eigenvalue weighted by molar-refractivity contribution is -0.0136. The number of aliphatic hydroxyl groups is 1. The Labute approximate surface area is 225 Å². The molecule has 1 aromatic carbocycles. The van der Waals surface area contributed by atoms with Crippen molar-refractivity contribution in [3.8, 4) is 11.3 Å². The molecule has 0 aliphatic carbocycles. The number of ether oxygens (including phenoxy) is 2. The van der Waals surface area contributed by atoms with Gasteiger partial charge in [-0.05, 0) is 45.7 Å². The quantitative estimate of drug-likeness (QED) is 0.468. The van der Waals surface area contributed by atoms with Crippen molar-refractivity contribution in [2.45, 2.75) is 57.7 Å². The highest BCUT2D eigenvalue weighted by Crippen LogP contribution is 2.36. The Morgan fingerprint density at radius 2 is 2.16 bits per heavy atom. The van der Waals surface area contributed by atoms with E-state index in [0.29, 0.717) is 61.9 Å². The molecule has 0 bridgehead atoms. The van der Waals surface area contributed by atoms with E-state index in [1.807, 2.05) is 24.5 Å². The molecular formula is C26H32ClFN6O4. The molecule has 0 spiro atoms. The first kappa shape index (κ1) is 26.6. The third-order valence-electron chi connectivity index (χ3n) is 7.03. The predicted octanol–water partition coefficient (Wildman–Crippen LogP) is 4.37. The Kier molecular flexibility index (Phi) is 7.69. The maximum atomic E-state index is 15.5. The van der Waals surface area contributed by atoms with Crippen molar-refractivity contribution in [1.82, 2.24) is 24.4 Å². The third kappa shape index (κ3) is 5.14. The predicted molar refractivity (Wildman–Crippen MR) is 141 cm³/mol. The molecule has 4 heterocycles. The number of carbonyl (C=O) groups is 1. The number of aromatic nitrogens is 4. The van der Waals surface area contributed by atoms with Crippen molar-refractivity contribution in [2.24, 2.45) is 0 Å². The molecule has 1 amide bonds. The number of fused-ring (bicyclic) bond motifs is 1. The van der Waals surface area contributed by atoms with Gasteiger partial charge in [-0.3, -0.25) is 0 Å². The second kappa shape index (κ2) is 11.0. The summed E-state index contributed by atoms with van der Waals surface area (Å²) in [6, 6.07) is 2.95. The average molecular weight is 547 g/mol. The van der Waals surface area contributed by atoms with E-state index in [4.69, 9.17) is 26.1 Å². The molecule has 2 aliphatic rings. The van der Waals surface area contributed by atoms with Gasteiger partial charge < -0.3 is 29.4 Å². The highest BCUT2D eigenvalue weighted by molar-refractivity contribution is 6.33. The van der Waals surface area contributed by atoms with E-state index >= 15 is 4.39 Å². The van der Waals surface area contributed by atoms with E-state index in [2.05, 4.69) is 15.3 Å². The summed E-state index contributed by atoms with van der Waals surface area (Å²) in [6.45, 7) is 7.93. The van der Waals surface area contributed by atoms with Crippen LogP contribution < -0.4 is 5.32 Å². The fourth-order valence-corrected chi connectivity index (χ4v) is 5.39. The first-order valence-electron chi connectivity index (χ1n) is 12.9. The molecule has 204 valence electrons. The zero-order chi connectivity index (χ0) is 27.0. The molecule has 2 aliphatic heterocycles. The molecule has 3 aromatic rings. The molecule has 10 nitrogen and oxygen atoms in total. The largest absolute Gasteiger partial charge is 0.450 e. The summed E-state index contributed by atoms with van der Waals surface area (Å²) in [6.07, 6.45) is 1.76. The molecule has 0 saturated carbocycles. The number of hydrogen-bond acceptors (Lipinski definition) is 8. The van der Waals surface area contributed by atoms with Gasteiger partial charge in [0.1, 0.15) is 11.3 Å². The van der Waals surface area contributed by atoms with E-state index in [-0.39, 0.29) is 41.2 Å². The van der Waals surface area contributed by atoms with Crippen LogP contribution in [0.2, 0.25) is 5.02 Å². The van der Waals surface area contributed by atoms with Crippen molar-refractivity contribution < 1.29 is 23.8 Å². The smallest absolute Gasteiger partial charge is 0.409 e. The van der Waals surface area contributed by atoms with Gasteiger partial charge >= 0.3 is 6.09 Å². The van der Waals surface area contributed by atoms with Crippen LogP contribution in [0.15, 0.2) is 18.3 Å². The number of amides is 1. The van der Waals surface area contributed by atoms with Gasteiger partial charge in [0, 0.05) is 37.2 Å². The number of likely N-dealkylation sites (tertiary alicyclic amines) is 1. The van der Waals surface area contributed by atoms with Crippen molar-refractivity contribution >= 4 is 34.7 Å². The van der Waals surface area contributed by atoms with Crippen LogP contribution in [0, 0.1) is 5.82 Å². The van der Waals surface area contributed by atoms with E-state index in [1.165, 1.54) is 12.3 Å². The second-order valence-corrected chi connectivity index (χ2v) is 10.4. The van der Waals surface area contributed by atoms with E-state index in [0.717, 1.165) is 5.82 Å². The summed E-state index contributed by atoms with van der Waals surface area (Å²) in [5, 5.41) is 13.6. The maximum Gasteiger partial charge on any atom is 0.409 e. The molecule has 2 aromatic heterocycles. The molecule has 5 rings (SSSR count). The van der Waals surface area contributed by atoms with Gasteiger partial charge in [0.2, 0.25) is 5.95 Å². The normalized spacial score (nSPS) is 21.9. The Balaban J connectivity index is 1.50. The summed E-state index contributed by atoms with van der Waals surface area (Å²) in [4.78, 5) is 27.4. The van der Waals surface area contributed by atoms with Crippen LogP contribution in [0.5, 0.6) is 0 Å². The summed E-state index contributed by atoms with van der Waals surface area (Å²) in [7, 11) is 0. The number of halogens is 2. The number of nitrogens with zero attached hydrogens (tertiary/aromatic N) is 5. The zero-order valence-electron chi connectivity index (χ0n) is 21.7. The number of aliphatic hydroxyl groups excluding tert-OH is 1. The minimum absolute atomic E-state index is 0.00519. The molecule has 38 heavy (non-hydrogen) atoms. The number of rotatable bonds is 6. The molecule has 2 N–H and O–H groups in total. The zero-order valence-corrected chi connectivity index (χ0v) is 22.4. The van der Waals surface area contributed by atoms with Crippen LogP contribution in [-0.4, -0.2) is 80.7 Å². The third-order valence-corrected chi connectivity index (χ3v) is 7.31. The van der Waals surface area contributed by atoms with Crippen molar-refractivity contribution in [3.05, 3.63) is 35.0 Å². The number of anilines is 1. The van der Waals surface area contributed by atoms with Crippen LogP contribution in [0.1, 0.15) is 51.4 Å². The van der Waals surface area contributed by atoms with Crippen LogP contribution in [0.4, 0.5) is 15.1 Å². The fraction of sp³-hybridized carbons (Fsp3) is 0.538. The number of nitrogens with one attached hydrogen (secondary N) is 1. The second-order valence-electron chi connectivity index (χ2n) is 9.96. The van der Waals surface area contributed by atoms with Crippen LogP contribution in [0.25, 0.3) is 22.3 Å². The van der Waals surface area contributed by atoms with Gasteiger partial charge in [-0.15, -0.1) is 0 Å². The average Bonchev–Trinajstić information content (AvgIpc) is 3.52. The SMILES string of the molecule is CCOC(=O)N1CC[C@H](c2nc3c(F)cc(-c4nc(N[C@@H]5CCOC[C@H]5O)ncc4Cl)cc3n2C(C)C)C1. The Morgan fingerprint density at radius 3 is 2.89 bits per heavy atom. The van der Waals surface area contributed by atoms with E-state index in [1.54, 1.807) is 11.8 Å². The van der Waals surface area contributed by atoms with Crippen LogP contribution in [-0.2, 0) is 9.47 Å². The Bertz CT molecular complexity index is 1330. The molecule has 12 heteroatoms. The van der Waals surface area contributed by atoms with Crippen molar-refractivity contribution in [1.29, 1.82) is 0 Å². The first-order valence-corrected chi connectivity index (χ1v) is 13.3. The number of imidazole rings is 1. The fourth-order valence-electron chi connectivity index (χ4n) is 5.19. The molecule has 0 radical (unpaired) electrons. The van der Waals surface area contributed by atoms with Gasteiger partial charge in [0.15, 0.2) is 5.82 Å². The molecule has 0 unspecified atom stereocenters. The first-order chi connectivity index (χ1) is 18.3. The summed E-state index contributed by atoms with van der Waals surface area (Å²) >= 11 is 6.47. The Morgan fingerprint density at radius 1 is 1.34 bits per heavy atom. The molecule has 2 saturated heterocycles. The van der Waals surface area contributed by atoms with Gasteiger partial charge in [0.25, 0.3) is 0 Å². The maximum absolute atomic E-state index is 15.5. The monoisotopic (exact) mass is 546 g/mol. The lowest BCUT2D eigenvalue weighted by Gasteiger charge is -2.28. The summed E-state index contributed by atoms with van der Waals surface area (Å²) < 4.78 is 28.0. The van der Waals surface area contributed by atoms with E-state index < -0.39 is 11.9 Å². The lowest BCUT2D eigenvalue weighted by atomic mass is 10.1. The molecule has 2 fully saturated rings. The number of carbonyl (C=O) groups excluding carboxylic acids is 1. The topological polar surface area (TPSA) is 115 Å². The minimum Gasteiger partial charge on any atom is -0.450 e. The van der Waals surface area contributed by atoms with Crippen molar-refractivity contribution in [2.75, 3.05) is 38.2 Å². The standard InChI is InChI=1S/C26H32ClFN6O4/c1-4-38-26(36)33-7-5-15(12-33)24-31-23-18(28)9-16(10-20(23)34(24)14(2)3)22-17(27)11-29-25(32-22)30-19-6-8-37-13-21(19)35/h9-11,14-15,19,21,35H,4-8,12-13H2,1-3H3,(H,29,30,32)/t15-,19+,21+/m0/s1. The van der Waals surface area contributed by atoms with Gasteiger partial charge in [0.05, 0.1) is 47.8 Å². The van der Waals surface area contributed by atoms with E-state index in [9.17, 15) is 9.90 Å². The number of benzene rings is 1. The highest BCUT2D eigenvalue weighted by atomic mass is 35.5. The van der Waals surface area contributed by atoms with Crippen molar-refractivity contribution in [3.63, 3.8) is 0 Å². The lowest BCUT2D eigenvalue weighted by Crippen LogP contribution is -2.42. The highest BCUT2D eigenvalue weighted by Gasteiger charge is 2.33. The van der Waals surface area contributed by atoms with Gasteiger partial charge in [-0.2, -0.15) is 0 Å². The summed E-state index contributed by atoms with van der Waals surface area (Å²) in [5.41, 5.74) is 1.76. The molecule has 3 atom stereocenters. The van der Waals surface area contributed by atoms with Crippen LogP contribution >= 0.6 is 11.6 Å². The Hall–Kier alpha value is -3.02. The summed E-state index contributed by atoms with van der Waals surface area (Å²) in [5.74, 6) is 0.505. The van der Waals surface area contributed by atoms with Gasteiger partial charge in [-0.25, -0.2) is 24.1 Å². The number of hydrogen-bond donors (Lipinski definition) is 2. The van der Waals surface area contributed by atoms with Crippen LogP contribution in [0.3, 0.4) is 0 Å². The van der Waals surface area contributed by atoms with Gasteiger partial charge in [-0.1, -0.05) is 11.6 Å². The minimum atomic E-state index is -0.686.